The maximum Gasteiger partial charge on any atom is 0.247 e. The first-order valence-corrected chi connectivity index (χ1v) is 7.45. The van der Waals surface area contributed by atoms with E-state index in [2.05, 4.69) is 41.4 Å². The number of carbonyl (C=O) groups excluding carboxylic acids is 1. The highest BCUT2D eigenvalue weighted by Gasteiger charge is 2.48. The lowest BCUT2D eigenvalue weighted by Gasteiger charge is -2.50. The fourth-order valence-corrected chi connectivity index (χ4v) is 3.51. The van der Waals surface area contributed by atoms with E-state index in [0.717, 1.165) is 31.4 Å². The molecule has 2 aliphatic rings. The van der Waals surface area contributed by atoms with Crippen molar-refractivity contribution in [2.45, 2.75) is 50.8 Å². The number of anilines is 1. The lowest BCUT2D eigenvalue weighted by molar-refractivity contribution is -0.133. The molecule has 20 heavy (non-hydrogen) atoms. The fraction of sp³-hybridized carbons (Fsp3) is 0.562. The standard InChI is InChI=1S/C16H22N2O2/c1-12-5-7-13(8-6-12)18-11-14(19)17-15(20)16(18)9-3-2-4-10-16/h5-8,14,19H,2-4,9-11H2,1H3,(H,17,20). The lowest BCUT2D eigenvalue weighted by Crippen LogP contribution is -2.69. The minimum atomic E-state index is -0.781. The van der Waals surface area contributed by atoms with E-state index < -0.39 is 11.8 Å². The molecule has 1 heterocycles. The first-order valence-electron chi connectivity index (χ1n) is 7.45. The molecule has 1 atom stereocenters. The molecule has 1 spiro atoms. The van der Waals surface area contributed by atoms with Gasteiger partial charge in [0.15, 0.2) is 0 Å². The van der Waals surface area contributed by atoms with E-state index in [1.807, 2.05) is 0 Å². The Hall–Kier alpha value is -1.55. The largest absolute Gasteiger partial charge is 0.372 e. The minimum Gasteiger partial charge on any atom is -0.372 e. The Balaban J connectivity index is 1.99. The number of aliphatic hydroxyl groups is 1. The van der Waals surface area contributed by atoms with Crippen molar-refractivity contribution in [1.29, 1.82) is 0 Å². The highest BCUT2D eigenvalue weighted by molar-refractivity contribution is 5.91. The molecule has 2 fully saturated rings. The zero-order valence-corrected chi connectivity index (χ0v) is 11.9. The van der Waals surface area contributed by atoms with Crippen molar-refractivity contribution in [3.05, 3.63) is 29.8 Å². The van der Waals surface area contributed by atoms with Crippen LogP contribution < -0.4 is 10.2 Å². The van der Waals surface area contributed by atoms with Gasteiger partial charge in [0.1, 0.15) is 11.8 Å². The van der Waals surface area contributed by atoms with Gasteiger partial charge in [-0.3, -0.25) is 4.79 Å². The fourth-order valence-electron chi connectivity index (χ4n) is 3.51. The van der Waals surface area contributed by atoms with Crippen LogP contribution in [0.1, 0.15) is 37.7 Å². The van der Waals surface area contributed by atoms with Crippen LogP contribution in [0, 0.1) is 6.92 Å². The van der Waals surface area contributed by atoms with E-state index >= 15 is 0 Å². The van der Waals surface area contributed by atoms with Gasteiger partial charge in [-0.1, -0.05) is 37.0 Å². The summed E-state index contributed by atoms with van der Waals surface area (Å²) in [7, 11) is 0. The van der Waals surface area contributed by atoms with Gasteiger partial charge in [0, 0.05) is 5.69 Å². The maximum atomic E-state index is 12.5. The monoisotopic (exact) mass is 274 g/mol. The topological polar surface area (TPSA) is 52.6 Å². The quantitative estimate of drug-likeness (QED) is 0.823. The predicted octanol–water partition coefficient (Wildman–Crippen LogP) is 1.95. The molecular formula is C16H22N2O2. The third-order valence-corrected chi connectivity index (χ3v) is 4.62. The molecule has 4 heteroatoms. The first kappa shape index (κ1) is 13.4. The number of nitrogens with one attached hydrogen (secondary N) is 1. The molecule has 0 aromatic heterocycles. The van der Waals surface area contributed by atoms with Crippen molar-refractivity contribution in [2.24, 2.45) is 0 Å². The zero-order chi connectivity index (χ0) is 14.2. The van der Waals surface area contributed by atoms with Crippen LogP contribution in [-0.2, 0) is 4.79 Å². The van der Waals surface area contributed by atoms with Crippen LogP contribution in [0.5, 0.6) is 0 Å². The summed E-state index contributed by atoms with van der Waals surface area (Å²) in [6.45, 7) is 2.52. The van der Waals surface area contributed by atoms with E-state index in [0.29, 0.717) is 6.54 Å². The van der Waals surface area contributed by atoms with Gasteiger partial charge in [0.2, 0.25) is 5.91 Å². The van der Waals surface area contributed by atoms with Crippen molar-refractivity contribution >= 4 is 11.6 Å². The molecule has 1 saturated carbocycles. The molecule has 0 radical (unpaired) electrons. The third-order valence-electron chi connectivity index (χ3n) is 4.62. The van der Waals surface area contributed by atoms with Gasteiger partial charge >= 0.3 is 0 Å². The molecular weight excluding hydrogens is 252 g/mol. The van der Waals surface area contributed by atoms with Crippen LogP contribution in [-0.4, -0.2) is 29.3 Å². The minimum absolute atomic E-state index is 0.0171. The van der Waals surface area contributed by atoms with Crippen molar-refractivity contribution in [1.82, 2.24) is 5.32 Å². The number of piperazine rings is 1. The molecule has 2 N–H and O–H groups in total. The van der Waals surface area contributed by atoms with E-state index in [-0.39, 0.29) is 5.91 Å². The van der Waals surface area contributed by atoms with Crippen LogP contribution in [0.25, 0.3) is 0 Å². The summed E-state index contributed by atoms with van der Waals surface area (Å²) in [6, 6.07) is 8.23. The SMILES string of the molecule is Cc1ccc(N2CC(O)NC(=O)C23CCCCC3)cc1. The number of carbonyl (C=O) groups is 1. The smallest absolute Gasteiger partial charge is 0.247 e. The molecule has 1 amide bonds. The normalized spacial score (nSPS) is 25.6. The van der Waals surface area contributed by atoms with Crippen LogP contribution in [0.3, 0.4) is 0 Å². The summed E-state index contributed by atoms with van der Waals surface area (Å²) < 4.78 is 0. The highest BCUT2D eigenvalue weighted by Crippen LogP contribution is 2.38. The summed E-state index contributed by atoms with van der Waals surface area (Å²) >= 11 is 0. The number of nitrogens with zero attached hydrogens (tertiary/aromatic N) is 1. The molecule has 1 aromatic rings. The molecule has 1 aliphatic carbocycles. The zero-order valence-electron chi connectivity index (χ0n) is 11.9. The number of hydrogen-bond acceptors (Lipinski definition) is 3. The van der Waals surface area contributed by atoms with E-state index in [1.165, 1.54) is 12.0 Å². The Morgan fingerprint density at radius 1 is 1.20 bits per heavy atom. The van der Waals surface area contributed by atoms with Gasteiger partial charge < -0.3 is 15.3 Å². The number of aryl methyl sites for hydroxylation is 1. The van der Waals surface area contributed by atoms with Crippen LogP contribution >= 0.6 is 0 Å². The summed E-state index contributed by atoms with van der Waals surface area (Å²) in [5, 5.41) is 12.6. The Morgan fingerprint density at radius 2 is 1.85 bits per heavy atom. The summed E-state index contributed by atoms with van der Waals surface area (Å²) in [6.07, 6.45) is 4.31. The van der Waals surface area contributed by atoms with Crippen LogP contribution in [0.2, 0.25) is 0 Å². The van der Waals surface area contributed by atoms with Gasteiger partial charge in [0.05, 0.1) is 6.54 Å². The molecule has 1 aromatic carbocycles. The second-order valence-corrected chi connectivity index (χ2v) is 6.03. The summed E-state index contributed by atoms with van der Waals surface area (Å²) in [5.74, 6) is -0.0171. The van der Waals surface area contributed by atoms with Crippen molar-refractivity contribution in [2.75, 3.05) is 11.4 Å². The van der Waals surface area contributed by atoms with Crippen LogP contribution in [0.4, 0.5) is 5.69 Å². The van der Waals surface area contributed by atoms with Crippen molar-refractivity contribution in [3.8, 4) is 0 Å². The Bertz CT molecular complexity index is 492. The second-order valence-electron chi connectivity index (χ2n) is 6.03. The third kappa shape index (κ3) is 2.18. The Labute approximate surface area is 119 Å². The molecule has 3 rings (SSSR count). The van der Waals surface area contributed by atoms with Crippen LogP contribution in [0.15, 0.2) is 24.3 Å². The molecule has 108 valence electrons. The molecule has 1 saturated heterocycles. The number of hydrogen-bond donors (Lipinski definition) is 2. The predicted molar refractivity (Wildman–Crippen MR) is 78.5 cm³/mol. The van der Waals surface area contributed by atoms with E-state index in [9.17, 15) is 9.90 Å². The van der Waals surface area contributed by atoms with Crippen molar-refractivity contribution in [3.63, 3.8) is 0 Å². The van der Waals surface area contributed by atoms with Gasteiger partial charge in [-0.15, -0.1) is 0 Å². The first-order chi connectivity index (χ1) is 9.62. The Kier molecular flexibility index (Phi) is 3.42. The second kappa shape index (κ2) is 5.09. The molecule has 4 nitrogen and oxygen atoms in total. The summed E-state index contributed by atoms with van der Waals surface area (Å²) in [4.78, 5) is 14.6. The van der Waals surface area contributed by atoms with E-state index in [4.69, 9.17) is 0 Å². The van der Waals surface area contributed by atoms with Gasteiger partial charge in [-0.25, -0.2) is 0 Å². The number of benzene rings is 1. The molecule has 1 aliphatic heterocycles. The summed E-state index contributed by atoms with van der Waals surface area (Å²) in [5.41, 5.74) is 1.77. The Morgan fingerprint density at radius 3 is 2.50 bits per heavy atom. The number of aliphatic hydroxyl groups excluding tert-OH is 1. The van der Waals surface area contributed by atoms with Gasteiger partial charge in [-0.05, 0) is 31.9 Å². The molecule has 1 unspecified atom stereocenters. The number of β-amino-alcohol motifs (C(OH)–C–C–N with tert-alkyl or cyclic N) is 1. The average molecular weight is 274 g/mol. The number of rotatable bonds is 1. The van der Waals surface area contributed by atoms with Crippen molar-refractivity contribution < 1.29 is 9.90 Å². The lowest BCUT2D eigenvalue weighted by atomic mass is 9.78. The maximum absolute atomic E-state index is 12.5. The molecule has 0 bridgehead atoms. The number of amides is 1. The average Bonchev–Trinajstić information content (AvgIpc) is 2.45. The van der Waals surface area contributed by atoms with E-state index in [1.54, 1.807) is 0 Å². The van der Waals surface area contributed by atoms with Gasteiger partial charge in [0.25, 0.3) is 0 Å². The van der Waals surface area contributed by atoms with Gasteiger partial charge in [-0.2, -0.15) is 0 Å². The highest BCUT2D eigenvalue weighted by atomic mass is 16.3.